The molecule has 3 heterocycles. The van der Waals surface area contributed by atoms with Gasteiger partial charge in [0, 0.05) is 30.2 Å². The summed E-state index contributed by atoms with van der Waals surface area (Å²) in [5, 5.41) is 12.3. The molecule has 2 bridgehead atoms. The Balaban J connectivity index is 1.33. The Labute approximate surface area is 189 Å². The van der Waals surface area contributed by atoms with Crippen LogP contribution in [0.3, 0.4) is 0 Å². The third kappa shape index (κ3) is 4.11. The summed E-state index contributed by atoms with van der Waals surface area (Å²) in [5.74, 6) is 1.78. The number of rotatable bonds is 6. The molecular weight excluding hydrogens is 437 g/mol. The van der Waals surface area contributed by atoms with E-state index in [-0.39, 0.29) is 28.9 Å². The molecule has 1 saturated heterocycles. The normalized spacial score (nSPS) is 22.6. The Morgan fingerprint density at radius 3 is 2.56 bits per heavy atom. The molecule has 0 radical (unpaired) electrons. The molecule has 2 fully saturated rings. The molecule has 0 spiro atoms. The van der Waals surface area contributed by atoms with Gasteiger partial charge in [-0.1, -0.05) is 16.8 Å². The summed E-state index contributed by atoms with van der Waals surface area (Å²) in [6.45, 7) is 7.47. The van der Waals surface area contributed by atoms with Crippen molar-refractivity contribution in [2.45, 2.75) is 45.7 Å². The average molecular weight is 462 g/mol. The van der Waals surface area contributed by atoms with Crippen LogP contribution in [0, 0.1) is 24.6 Å². The first-order valence-corrected chi connectivity index (χ1v) is 11.2. The Hall–Kier alpha value is -2.88. The summed E-state index contributed by atoms with van der Waals surface area (Å²) in [4.78, 5) is 11.1. The van der Waals surface area contributed by atoms with E-state index >= 15 is 0 Å². The molecule has 1 saturated carbocycles. The first kappa shape index (κ1) is 21.0. The molecule has 2 aromatic heterocycles. The molecule has 2 aliphatic rings. The fourth-order valence-corrected chi connectivity index (χ4v) is 4.86. The van der Waals surface area contributed by atoms with E-state index in [0.717, 1.165) is 25.9 Å². The Bertz CT molecular complexity index is 1080. The minimum Gasteiger partial charge on any atom is -0.424 e. The maximum Gasteiger partial charge on any atom is 0.324 e. The fraction of sp³-hybridized carbons (Fsp3) is 0.524. The van der Waals surface area contributed by atoms with Crippen LogP contribution in [0.15, 0.2) is 22.7 Å². The van der Waals surface area contributed by atoms with E-state index < -0.39 is 5.82 Å². The van der Waals surface area contributed by atoms with Gasteiger partial charge in [0.25, 0.3) is 0 Å². The molecule has 11 heteroatoms. The van der Waals surface area contributed by atoms with Gasteiger partial charge in [-0.05, 0) is 57.6 Å². The van der Waals surface area contributed by atoms with Crippen LogP contribution < -0.4 is 15.0 Å². The Morgan fingerprint density at radius 2 is 1.94 bits per heavy atom. The number of fused-ring (bicyclic) bond motifs is 2. The van der Waals surface area contributed by atoms with Crippen LogP contribution in [0.5, 0.6) is 11.8 Å². The first-order valence-electron chi connectivity index (χ1n) is 10.8. The van der Waals surface area contributed by atoms with Crippen molar-refractivity contribution in [3.63, 3.8) is 0 Å². The molecule has 0 amide bonds. The lowest BCUT2D eigenvalue weighted by Crippen LogP contribution is -2.48. The lowest BCUT2D eigenvalue weighted by Gasteiger charge is -2.37. The average Bonchev–Trinajstić information content (AvgIpc) is 3.38. The fourth-order valence-electron chi connectivity index (χ4n) is 4.65. The standard InChI is InChI=1S/C21H25ClFN7O2/c1-11(2)30-21(31-17-7-15(22)6-16(23)8-17)26-19(27-30)25-18-13-4-5-14(18)10-29(9-13)20-24-12(3)28-32-20/h6-8,11,13-14,18H,4-5,9-10H2,1-3H3,(H,25,27). The molecule has 1 N–H and O–H groups in total. The Morgan fingerprint density at radius 1 is 1.19 bits per heavy atom. The summed E-state index contributed by atoms with van der Waals surface area (Å²) >= 11 is 5.95. The lowest BCUT2D eigenvalue weighted by atomic mass is 9.92. The SMILES string of the molecule is Cc1noc(N2CC3CCC(C2)C3Nc2nc(Oc3cc(F)cc(Cl)c3)n(C(C)C)n2)n1. The minimum atomic E-state index is -0.471. The number of nitrogens with zero attached hydrogens (tertiary/aromatic N) is 6. The summed E-state index contributed by atoms with van der Waals surface area (Å²) in [6, 6.07) is 5.18. The molecule has 32 heavy (non-hydrogen) atoms. The van der Waals surface area contributed by atoms with Crippen molar-refractivity contribution in [1.29, 1.82) is 0 Å². The van der Waals surface area contributed by atoms with E-state index in [0.29, 0.717) is 29.6 Å². The monoisotopic (exact) mass is 461 g/mol. The number of benzene rings is 1. The number of aryl methyl sites for hydroxylation is 1. The molecular formula is C21H25ClFN7O2. The zero-order valence-electron chi connectivity index (χ0n) is 18.1. The van der Waals surface area contributed by atoms with Crippen LogP contribution in [0.4, 0.5) is 16.4 Å². The highest BCUT2D eigenvalue weighted by molar-refractivity contribution is 6.30. The van der Waals surface area contributed by atoms with Crippen LogP contribution in [0.25, 0.3) is 0 Å². The highest BCUT2D eigenvalue weighted by Gasteiger charge is 2.43. The largest absolute Gasteiger partial charge is 0.424 e. The Kier molecular flexibility index (Phi) is 5.40. The van der Waals surface area contributed by atoms with Crippen molar-refractivity contribution >= 4 is 23.6 Å². The van der Waals surface area contributed by atoms with Crippen LogP contribution in [0.2, 0.25) is 5.02 Å². The third-order valence-corrected chi connectivity index (χ3v) is 6.27. The van der Waals surface area contributed by atoms with E-state index in [2.05, 4.69) is 30.4 Å². The molecule has 1 aliphatic carbocycles. The van der Waals surface area contributed by atoms with Crippen molar-refractivity contribution in [2.24, 2.45) is 11.8 Å². The number of aromatic nitrogens is 5. The van der Waals surface area contributed by atoms with Gasteiger partial charge in [-0.15, -0.1) is 5.10 Å². The second-order valence-corrected chi connectivity index (χ2v) is 9.20. The van der Waals surface area contributed by atoms with Gasteiger partial charge in [0.05, 0.1) is 6.04 Å². The highest BCUT2D eigenvalue weighted by atomic mass is 35.5. The van der Waals surface area contributed by atoms with Gasteiger partial charge in [-0.25, -0.2) is 9.07 Å². The zero-order valence-corrected chi connectivity index (χ0v) is 18.9. The highest BCUT2D eigenvalue weighted by Crippen LogP contribution is 2.40. The second-order valence-electron chi connectivity index (χ2n) is 8.76. The van der Waals surface area contributed by atoms with Crippen LogP contribution in [-0.2, 0) is 0 Å². The topological polar surface area (TPSA) is 94.1 Å². The molecule has 1 aliphatic heterocycles. The van der Waals surface area contributed by atoms with Gasteiger partial charge < -0.3 is 19.5 Å². The lowest BCUT2D eigenvalue weighted by molar-refractivity contribution is 0.340. The molecule has 9 nitrogen and oxygen atoms in total. The van der Waals surface area contributed by atoms with Gasteiger partial charge in [0.2, 0.25) is 5.95 Å². The molecule has 5 rings (SSSR count). The number of halogens is 2. The van der Waals surface area contributed by atoms with Gasteiger partial charge >= 0.3 is 12.0 Å². The second kappa shape index (κ2) is 8.23. The first-order chi connectivity index (χ1) is 15.4. The summed E-state index contributed by atoms with van der Waals surface area (Å²) in [5.41, 5.74) is 0. The number of ether oxygens (including phenoxy) is 1. The maximum atomic E-state index is 13.7. The van der Waals surface area contributed by atoms with E-state index in [1.807, 2.05) is 20.8 Å². The van der Waals surface area contributed by atoms with Crippen molar-refractivity contribution in [1.82, 2.24) is 24.9 Å². The quantitative estimate of drug-likeness (QED) is 0.575. The van der Waals surface area contributed by atoms with Crippen molar-refractivity contribution < 1.29 is 13.7 Å². The molecule has 2 atom stereocenters. The van der Waals surface area contributed by atoms with Crippen LogP contribution in [-0.4, -0.2) is 44.0 Å². The summed E-state index contributed by atoms with van der Waals surface area (Å²) < 4.78 is 26.6. The molecule has 2 unspecified atom stereocenters. The number of anilines is 2. The van der Waals surface area contributed by atoms with Crippen molar-refractivity contribution in [3.8, 4) is 11.8 Å². The van der Waals surface area contributed by atoms with E-state index in [1.54, 1.807) is 10.7 Å². The smallest absolute Gasteiger partial charge is 0.324 e. The minimum absolute atomic E-state index is 0.0106. The van der Waals surface area contributed by atoms with Gasteiger partial charge in [0.1, 0.15) is 11.6 Å². The number of hydrogen-bond donors (Lipinski definition) is 1. The van der Waals surface area contributed by atoms with Crippen LogP contribution in [0.1, 0.15) is 38.6 Å². The van der Waals surface area contributed by atoms with Crippen molar-refractivity contribution in [2.75, 3.05) is 23.3 Å². The predicted octanol–water partition coefficient (Wildman–Crippen LogP) is 4.46. The van der Waals surface area contributed by atoms with E-state index in [9.17, 15) is 4.39 Å². The molecule has 1 aromatic carbocycles. The number of nitrogens with one attached hydrogen (secondary N) is 1. The number of piperidine rings is 1. The van der Waals surface area contributed by atoms with Crippen LogP contribution >= 0.6 is 11.6 Å². The molecule has 3 aromatic rings. The van der Waals surface area contributed by atoms with Crippen molar-refractivity contribution in [3.05, 3.63) is 34.9 Å². The predicted molar refractivity (Wildman–Crippen MR) is 117 cm³/mol. The van der Waals surface area contributed by atoms with Gasteiger partial charge in [0.15, 0.2) is 5.82 Å². The number of hydrogen-bond acceptors (Lipinski definition) is 8. The summed E-state index contributed by atoms with van der Waals surface area (Å²) in [6.07, 6.45) is 2.23. The van der Waals surface area contributed by atoms with Gasteiger partial charge in [-0.3, -0.25) is 0 Å². The zero-order chi connectivity index (χ0) is 22.4. The van der Waals surface area contributed by atoms with Gasteiger partial charge in [-0.2, -0.15) is 9.97 Å². The molecule has 170 valence electrons. The maximum absolute atomic E-state index is 13.7. The van der Waals surface area contributed by atoms with E-state index in [4.69, 9.17) is 20.9 Å². The van der Waals surface area contributed by atoms with E-state index in [1.165, 1.54) is 12.1 Å². The summed E-state index contributed by atoms with van der Waals surface area (Å²) in [7, 11) is 0. The third-order valence-electron chi connectivity index (χ3n) is 6.05.